The molecule has 4 heterocycles. The Morgan fingerprint density at radius 3 is 1.93 bits per heavy atom. The first kappa shape index (κ1) is 23.9. The van der Waals surface area contributed by atoms with E-state index < -0.39 is 9.84 Å². The molecule has 0 aliphatic heterocycles. The molecule has 6 nitrogen and oxygen atoms in total. The summed E-state index contributed by atoms with van der Waals surface area (Å²) in [7, 11) is -3.75. The standard InChI is InChI=1S/C36H20N4O2S/c37-20-22-12-16-24(17-13-22)43(41,42)25-18-14-23(15-19-25)39-31-11-5-8-27-26-6-1-3-9-29(26)40-30-10-4-2-7-28(30)35-36(40)34(33(27)31)32(39)21-38-35/h1-19,21H. The fourth-order valence-electron chi connectivity index (χ4n) is 6.70. The fourth-order valence-corrected chi connectivity index (χ4v) is 7.96. The minimum absolute atomic E-state index is 0.154. The first-order valence-corrected chi connectivity index (χ1v) is 15.4. The predicted molar refractivity (Wildman–Crippen MR) is 170 cm³/mol. The number of rotatable bonds is 3. The van der Waals surface area contributed by atoms with Gasteiger partial charge >= 0.3 is 0 Å². The molecule has 4 aromatic heterocycles. The maximum absolute atomic E-state index is 13.4. The molecule has 7 heteroatoms. The Hall–Kier alpha value is -5.71. The van der Waals surface area contributed by atoms with E-state index in [-0.39, 0.29) is 9.79 Å². The van der Waals surface area contributed by atoms with Crippen molar-refractivity contribution >= 4 is 69.9 Å². The average Bonchev–Trinajstić information content (AvgIpc) is 3.53. The van der Waals surface area contributed by atoms with Gasteiger partial charge in [0.1, 0.15) is 0 Å². The smallest absolute Gasteiger partial charge is 0.206 e. The molecule has 0 fully saturated rings. The highest BCUT2D eigenvalue weighted by Gasteiger charge is 2.24. The van der Waals surface area contributed by atoms with Crippen molar-refractivity contribution in [3.63, 3.8) is 0 Å². The van der Waals surface area contributed by atoms with Gasteiger partial charge in [0, 0.05) is 27.2 Å². The molecule has 0 aliphatic rings. The number of pyridine rings is 1. The van der Waals surface area contributed by atoms with Gasteiger partial charge in [-0.25, -0.2) is 8.42 Å². The molecule has 0 bridgehead atoms. The highest BCUT2D eigenvalue weighted by molar-refractivity contribution is 7.91. The van der Waals surface area contributed by atoms with Crippen LogP contribution in [0.15, 0.2) is 131 Å². The van der Waals surface area contributed by atoms with Gasteiger partial charge in [0.15, 0.2) is 0 Å². The molecular formula is C36H20N4O2S. The Bertz CT molecular complexity index is 2730. The Kier molecular flexibility index (Phi) is 4.68. The van der Waals surface area contributed by atoms with Crippen LogP contribution in [-0.4, -0.2) is 22.4 Å². The van der Waals surface area contributed by atoms with Crippen LogP contribution in [0.3, 0.4) is 0 Å². The summed E-state index contributed by atoms with van der Waals surface area (Å²) in [5.74, 6) is 0. The van der Waals surface area contributed by atoms with Crippen LogP contribution in [0.4, 0.5) is 0 Å². The van der Waals surface area contributed by atoms with Crippen LogP contribution in [0.25, 0.3) is 65.7 Å². The van der Waals surface area contributed by atoms with Gasteiger partial charge in [0.25, 0.3) is 0 Å². The lowest BCUT2D eigenvalue weighted by Crippen LogP contribution is -2.03. The maximum atomic E-state index is 13.4. The zero-order valence-electron chi connectivity index (χ0n) is 22.6. The van der Waals surface area contributed by atoms with Gasteiger partial charge in [0.05, 0.1) is 60.7 Å². The molecule has 202 valence electrons. The lowest BCUT2D eigenvalue weighted by Gasteiger charge is -2.10. The number of nitriles is 1. The summed E-state index contributed by atoms with van der Waals surface area (Å²) in [6.45, 7) is 0. The van der Waals surface area contributed by atoms with Crippen LogP contribution >= 0.6 is 0 Å². The summed E-state index contributed by atoms with van der Waals surface area (Å²) < 4.78 is 31.3. The lowest BCUT2D eigenvalue weighted by molar-refractivity contribution is 0.596. The number of sulfone groups is 1. The van der Waals surface area contributed by atoms with Crippen molar-refractivity contribution < 1.29 is 8.42 Å². The van der Waals surface area contributed by atoms with E-state index in [1.807, 2.05) is 24.4 Å². The monoisotopic (exact) mass is 572 g/mol. The van der Waals surface area contributed by atoms with Crippen molar-refractivity contribution in [1.82, 2.24) is 14.0 Å². The largest absolute Gasteiger partial charge is 0.308 e. The van der Waals surface area contributed by atoms with Gasteiger partial charge in [-0.3, -0.25) is 4.98 Å². The second kappa shape index (κ2) is 8.41. The summed E-state index contributed by atoms with van der Waals surface area (Å²) in [6.07, 6.45) is 1.94. The molecule has 0 aliphatic carbocycles. The zero-order valence-corrected chi connectivity index (χ0v) is 23.4. The summed E-state index contributed by atoms with van der Waals surface area (Å²) >= 11 is 0. The summed E-state index contributed by atoms with van der Waals surface area (Å²) in [5, 5.41) is 14.8. The average molecular weight is 573 g/mol. The minimum Gasteiger partial charge on any atom is -0.308 e. The van der Waals surface area contributed by atoms with Crippen molar-refractivity contribution in [2.24, 2.45) is 0 Å². The van der Waals surface area contributed by atoms with E-state index in [4.69, 9.17) is 10.2 Å². The van der Waals surface area contributed by atoms with E-state index in [1.165, 1.54) is 24.3 Å². The van der Waals surface area contributed by atoms with E-state index in [2.05, 4.69) is 75.7 Å². The SMILES string of the molecule is N#Cc1ccc(S(=O)(=O)c2ccc(-n3c4cccc5c6ccccc6n6c7ccccc7c7ncc3c(c54)c76)cc2)cc1. The normalized spacial score (nSPS) is 12.3. The van der Waals surface area contributed by atoms with Crippen LogP contribution in [-0.2, 0) is 9.84 Å². The molecule has 43 heavy (non-hydrogen) atoms. The molecule has 0 radical (unpaired) electrons. The molecule has 0 unspecified atom stereocenters. The summed E-state index contributed by atoms with van der Waals surface area (Å²) in [4.78, 5) is 5.38. The molecule has 9 rings (SSSR count). The van der Waals surface area contributed by atoms with E-state index >= 15 is 0 Å². The van der Waals surface area contributed by atoms with E-state index in [0.717, 1.165) is 65.7 Å². The third-order valence-corrected chi connectivity index (χ3v) is 10.4. The van der Waals surface area contributed by atoms with Crippen LogP contribution in [0.5, 0.6) is 0 Å². The van der Waals surface area contributed by atoms with Gasteiger partial charge in [-0.05, 0) is 72.1 Å². The number of benzene rings is 5. The van der Waals surface area contributed by atoms with E-state index in [1.54, 1.807) is 12.1 Å². The first-order chi connectivity index (χ1) is 21.1. The van der Waals surface area contributed by atoms with Crippen molar-refractivity contribution in [2.75, 3.05) is 0 Å². The number of para-hydroxylation sites is 2. The summed E-state index contributed by atoms with van der Waals surface area (Å²) in [6, 6.07) is 38.3. The highest BCUT2D eigenvalue weighted by Crippen LogP contribution is 2.44. The lowest BCUT2D eigenvalue weighted by atomic mass is 10.1. The van der Waals surface area contributed by atoms with Crippen molar-refractivity contribution in [3.05, 3.63) is 127 Å². The number of hydrogen-bond donors (Lipinski definition) is 0. The highest BCUT2D eigenvalue weighted by atomic mass is 32.2. The predicted octanol–water partition coefficient (Wildman–Crippen LogP) is 8.03. The van der Waals surface area contributed by atoms with Crippen molar-refractivity contribution in [3.8, 4) is 11.8 Å². The quantitative estimate of drug-likeness (QED) is 0.215. The van der Waals surface area contributed by atoms with E-state index in [9.17, 15) is 8.42 Å². The molecule has 0 N–H and O–H groups in total. The molecule has 0 atom stereocenters. The van der Waals surface area contributed by atoms with Gasteiger partial charge in [0.2, 0.25) is 9.84 Å². The van der Waals surface area contributed by atoms with Gasteiger partial charge in [-0.2, -0.15) is 5.26 Å². The molecule has 0 saturated carbocycles. The van der Waals surface area contributed by atoms with Gasteiger partial charge in [-0.1, -0.05) is 48.5 Å². The second-order valence-corrected chi connectivity index (χ2v) is 12.7. The Balaban J connectivity index is 1.36. The van der Waals surface area contributed by atoms with E-state index in [0.29, 0.717) is 5.56 Å². The number of hydrogen-bond acceptors (Lipinski definition) is 4. The number of fused-ring (bicyclic) bond motifs is 6. The molecule has 0 spiro atoms. The topological polar surface area (TPSA) is 80.2 Å². The molecule has 5 aromatic carbocycles. The third kappa shape index (κ3) is 3.10. The summed E-state index contributed by atoms with van der Waals surface area (Å²) in [5.41, 5.74) is 7.49. The third-order valence-electron chi connectivity index (χ3n) is 8.57. The second-order valence-electron chi connectivity index (χ2n) is 10.8. The Morgan fingerprint density at radius 2 is 1.21 bits per heavy atom. The zero-order chi connectivity index (χ0) is 28.9. The molecule has 9 aromatic rings. The van der Waals surface area contributed by atoms with Crippen molar-refractivity contribution in [1.29, 1.82) is 5.26 Å². The molecular weight excluding hydrogens is 552 g/mol. The minimum atomic E-state index is -3.75. The van der Waals surface area contributed by atoms with Crippen LogP contribution < -0.4 is 0 Å². The maximum Gasteiger partial charge on any atom is 0.206 e. The number of aromatic nitrogens is 3. The van der Waals surface area contributed by atoms with Gasteiger partial charge < -0.3 is 8.97 Å². The van der Waals surface area contributed by atoms with Crippen LogP contribution in [0.1, 0.15) is 5.56 Å². The Morgan fingerprint density at radius 1 is 0.605 bits per heavy atom. The number of nitrogens with zero attached hydrogens (tertiary/aromatic N) is 4. The molecule has 0 saturated heterocycles. The van der Waals surface area contributed by atoms with Crippen LogP contribution in [0.2, 0.25) is 0 Å². The van der Waals surface area contributed by atoms with Gasteiger partial charge in [-0.15, -0.1) is 0 Å². The molecule has 0 amide bonds. The van der Waals surface area contributed by atoms with Crippen LogP contribution in [0, 0.1) is 11.3 Å². The first-order valence-electron chi connectivity index (χ1n) is 13.9. The fraction of sp³-hybridized carbons (Fsp3) is 0. The van der Waals surface area contributed by atoms with Crippen molar-refractivity contribution in [2.45, 2.75) is 9.79 Å². The Labute approximate surface area is 245 Å².